The predicted octanol–water partition coefficient (Wildman–Crippen LogP) is 4.18. The van der Waals surface area contributed by atoms with Crippen LogP contribution in [0.15, 0.2) is 24.8 Å². The minimum Gasteiger partial charge on any atom is -0.481 e. The van der Waals surface area contributed by atoms with Crippen molar-refractivity contribution in [3.05, 3.63) is 24.8 Å². The summed E-state index contributed by atoms with van der Waals surface area (Å²) in [6.45, 7) is 5.77. The van der Waals surface area contributed by atoms with E-state index in [2.05, 4.69) is 25.7 Å². The van der Waals surface area contributed by atoms with E-state index >= 15 is 0 Å². The Hall–Kier alpha value is -1.05. The maximum absolute atomic E-state index is 10.7. The standard InChI is InChI=1S/C14H24O2/c1-3-5-7-9-11-13(12-14(15)16)10-8-6-4-2/h3,6,8,13H,1,4-5,7,9-12H2,2H3,(H,15,16)/b8-6+. The summed E-state index contributed by atoms with van der Waals surface area (Å²) in [4.78, 5) is 10.7. The van der Waals surface area contributed by atoms with Crippen LogP contribution < -0.4 is 0 Å². The fraction of sp³-hybridized carbons (Fsp3) is 0.643. The van der Waals surface area contributed by atoms with E-state index < -0.39 is 5.97 Å². The Morgan fingerprint density at radius 2 is 2.12 bits per heavy atom. The van der Waals surface area contributed by atoms with Crippen molar-refractivity contribution in [1.29, 1.82) is 0 Å². The number of hydrogen-bond donors (Lipinski definition) is 1. The molecule has 92 valence electrons. The molecule has 0 aliphatic heterocycles. The monoisotopic (exact) mass is 224 g/mol. The molecule has 0 heterocycles. The van der Waals surface area contributed by atoms with E-state index in [1.807, 2.05) is 6.08 Å². The van der Waals surface area contributed by atoms with Crippen LogP contribution in [-0.2, 0) is 4.79 Å². The molecule has 0 aromatic rings. The molecule has 0 rings (SSSR count). The van der Waals surface area contributed by atoms with Gasteiger partial charge in [0.05, 0.1) is 0 Å². The van der Waals surface area contributed by atoms with Crippen LogP contribution in [0.25, 0.3) is 0 Å². The summed E-state index contributed by atoms with van der Waals surface area (Å²) < 4.78 is 0. The van der Waals surface area contributed by atoms with Gasteiger partial charge in [0.15, 0.2) is 0 Å². The first-order valence-electron chi connectivity index (χ1n) is 6.18. The van der Waals surface area contributed by atoms with Gasteiger partial charge in [-0.05, 0) is 38.0 Å². The van der Waals surface area contributed by atoms with Crippen LogP contribution in [0.1, 0.15) is 51.9 Å². The zero-order valence-electron chi connectivity index (χ0n) is 10.3. The summed E-state index contributed by atoms with van der Waals surface area (Å²) in [6, 6.07) is 0. The van der Waals surface area contributed by atoms with Gasteiger partial charge in [0.25, 0.3) is 0 Å². The third kappa shape index (κ3) is 9.50. The van der Waals surface area contributed by atoms with Gasteiger partial charge < -0.3 is 5.11 Å². The predicted molar refractivity (Wildman–Crippen MR) is 68.5 cm³/mol. The Labute approximate surface area is 99.1 Å². The number of carboxylic acids is 1. The molecule has 0 spiro atoms. The minimum atomic E-state index is -0.682. The van der Waals surface area contributed by atoms with Crippen molar-refractivity contribution in [2.24, 2.45) is 5.92 Å². The average Bonchev–Trinajstić information content (AvgIpc) is 2.23. The fourth-order valence-corrected chi connectivity index (χ4v) is 1.73. The topological polar surface area (TPSA) is 37.3 Å². The molecule has 0 saturated heterocycles. The number of hydrogen-bond acceptors (Lipinski definition) is 1. The van der Waals surface area contributed by atoms with Crippen molar-refractivity contribution in [3.63, 3.8) is 0 Å². The molecule has 16 heavy (non-hydrogen) atoms. The van der Waals surface area contributed by atoms with Crippen molar-refractivity contribution in [1.82, 2.24) is 0 Å². The molecule has 0 fully saturated rings. The lowest BCUT2D eigenvalue weighted by atomic mass is 9.94. The van der Waals surface area contributed by atoms with Gasteiger partial charge >= 0.3 is 5.97 Å². The van der Waals surface area contributed by atoms with Gasteiger partial charge in [-0.1, -0.05) is 31.6 Å². The highest BCUT2D eigenvalue weighted by Gasteiger charge is 2.11. The molecule has 0 aliphatic rings. The summed E-state index contributed by atoms with van der Waals surface area (Å²) in [5.74, 6) is -0.385. The maximum atomic E-state index is 10.7. The van der Waals surface area contributed by atoms with Crippen LogP contribution in [0.2, 0.25) is 0 Å². The summed E-state index contributed by atoms with van der Waals surface area (Å²) in [5, 5.41) is 8.80. The number of carbonyl (C=O) groups is 1. The van der Waals surface area contributed by atoms with Crippen molar-refractivity contribution in [3.8, 4) is 0 Å². The van der Waals surface area contributed by atoms with Gasteiger partial charge in [0.1, 0.15) is 0 Å². The molecule has 1 unspecified atom stereocenters. The first kappa shape index (κ1) is 14.9. The first-order chi connectivity index (χ1) is 7.70. The van der Waals surface area contributed by atoms with Crippen LogP contribution in [0.3, 0.4) is 0 Å². The summed E-state index contributed by atoms with van der Waals surface area (Å²) in [6.07, 6.45) is 12.6. The van der Waals surface area contributed by atoms with Crippen molar-refractivity contribution >= 4 is 5.97 Å². The Balaban J connectivity index is 3.84. The number of carboxylic acid groups (broad SMARTS) is 1. The number of allylic oxidation sites excluding steroid dienone is 3. The molecule has 0 saturated carbocycles. The molecule has 0 amide bonds. The van der Waals surface area contributed by atoms with Crippen molar-refractivity contribution < 1.29 is 9.90 Å². The van der Waals surface area contributed by atoms with E-state index in [9.17, 15) is 4.79 Å². The van der Waals surface area contributed by atoms with Gasteiger partial charge in [-0.3, -0.25) is 4.79 Å². The smallest absolute Gasteiger partial charge is 0.303 e. The highest BCUT2D eigenvalue weighted by atomic mass is 16.4. The minimum absolute atomic E-state index is 0.294. The molecule has 0 aromatic carbocycles. The van der Waals surface area contributed by atoms with Crippen molar-refractivity contribution in [2.75, 3.05) is 0 Å². The molecule has 1 atom stereocenters. The van der Waals surface area contributed by atoms with Gasteiger partial charge in [-0.2, -0.15) is 0 Å². The second-order valence-corrected chi connectivity index (χ2v) is 4.15. The SMILES string of the molecule is C=CCCCCC(C/C=C/CC)CC(=O)O. The molecule has 0 bridgehead atoms. The Bertz CT molecular complexity index is 219. The largest absolute Gasteiger partial charge is 0.481 e. The molecular formula is C14H24O2. The van der Waals surface area contributed by atoms with E-state index in [0.717, 1.165) is 38.5 Å². The molecule has 2 heteroatoms. The number of unbranched alkanes of at least 4 members (excludes halogenated alkanes) is 2. The van der Waals surface area contributed by atoms with Crippen LogP contribution in [0, 0.1) is 5.92 Å². The molecule has 0 aliphatic carbocycles. The highest BCUT2D eigenvalue weighted by Crippen LogP contribution is 2.18. The second-order valence-electron chi connectivity index (χ2n) is 4.15. The molecule has 1 N–H and O–H groups in total. The third-order valence-corrected chi connectivity index (χ3v) is 2.61. The zero-order valence-corrected chi connectivity index (χ0v) is 10.3. The van der Waals surface area contributed by atoms with E-state index in [0.29, 0.717) is 12.3 Å². The average molecular weight is 224 g/mol. The van der Waals surface area contributed by atoms with E-state index in [4.69, 9.17) is 5.11 Å². The zero-order chi connectivity index (χ0) is 12.2. The summed E-state index contributed by atoms with van der Waals surface area (Å²) >= 11 is 0. The van der Waals surface area contributed by atoms with Crippen LogP contribution in [-0.4, -0.2) is 11.1 Å². The Morgan fingerprint density at radius 1 is 1.38 bits per heavy atom. The third-order valence-electron chi connectivity index (χ3n) is 2.61. The van der Waals surface area contributed by atoms with E-state index in [1.54, 1.807) is 0 Å². The Kier molecular flexibility index (Phi) is 9.78. The highest BCUT2D eigenvalue weighted by molar-refractivity contribution is 5.67. The van der Waals surface area contributed by atoms with Gasteiger partial charge in [0.2, 0.25) is 0 Å². The molecule has 2 nitrogen and oxygen atoms in total. The lowest BCUT2D eigenvalue weighted by Gasteiger charge is -2.11. The maximum Gasteiger partial charge on any atom is 0.303 e. The fourth-order valence-electron chi connectivity index (χ4n) is 1.73. The van der Waals surface area contributed by atoms with Gasteiger partial charge in [0, 0.05) is 6.42 Å². The van der Waals surface area contributed by atoms with Gasteiger partial charge in [-0.25, -0.2) is 0 Å². The van der Waals surface area contributed by atoms with Crippen molar-refractivity contribution in [2.45, 2.75) is 51.9 Å². The Morgan fingerprint density at radius 3 is 2.69 bits per heavy atom. The summed E-state index contributed by atoms with van der Waals surface area (Å²) in [7, 11) is 0. The van der Waals surface area contributed by atoms with Crippen LogP contribution >= 0.6 is 0 Å². The second kappa shape index (κ2) is 10.5. The van der Waals surface area contributed by atoms with Crippen LogP contribution in [0.4, 0.5) is 0 Å². The number of rotatable bonds is 10. The lowest BCUT2D eigenvalue weighted by Crippen LogP contribution is -2.07. The van der Waals surface area contributed by atoms with Crippen LogP contribution in [0.5, 0.6) is 0 Å². The summed E-state index contributed by atoms with van der Waals surface area (Å²) in [5.41, 5.74) is 0. The van der Waals surface area contributed by atoms with E-state index in [-0.39, 0.29) is 0 Å². The van der Waals surface area contributed by atoms with E-state index in [1.165, 1.54) is 0 Å². The number of aliphatic carboxylic acids is 1. The lowest BCUT2D eigenvalue weighted by molar-refractivity contribution is -0.138. The van der Waals surface area contributed by atoms with Gasteiger partial charge in [-0.15, -0.1) is 6.58 Å². The first-order valence-corrected chi connectivity index (χ1v) is 6.18. The quantitative estimate of drug-likeness (QED) is 0.446. The normalized spacial score (nSPS) is 12.8. The molecule has 0 radical (unpaired) electrons. The molecular weight excluding hydrogens is 200 g/mol. The molecule has 0 aromatic heterocycles.